The molecule has 0 saturated carbocycles. The summed E-state index contributed by atoms with van der Waals surface area (Å²) >= 11 is 0. The Morgan fingerprint density at radius 2 is 0.718 bits per heavy atom. The smallest absolute Gasteiger partial charge is 0.0635 e. The molecule has 0 amide bonds. The third-order valence-electron chi connectivity index (χ3n) is 6.03. The second kappa shape index (κ2) is 33.3. The second-order valence-corrected chi connectivity index (χ2v) is 11.3. The third kappa shape index (κ3) is 41.7. The maximum absolute atomic E-state index is 8.21. The van der Waals surface area contributed by atoms with Gasteiger partial charge < -0.3 is 46.6 Å². The monoisotopic (exact) mass is 558 g/mol. The highest BCUT2D eigenvalue weighted by Crippen LogP contribution is 1.98. The van der Waals surface area contributed by atoms with Gasteiger partial charge in [0.25, 0.3) is 0 Å². The van der Waals surface area contributed by atoms with Crippen molar-refractivity contribution in [1.29, 1.82) is 5.26 Å². The van der Waals surface area contributed by atoms with Gasteiger partial charge in [0.05, 0.1) is 6.07 Å². The first-order valence-corrected chi connectivity index (χ1v) is 15.0. The van der Waals surface area contributed by atoms with Crippen LogP contribution in [0.4, 0.5) is 0 Å². The number of nitrogens with one attached hydrogen (secondary N) is 3. The Balaban J connectivity index is -0.000000909. The summed E-state index contributed by atoms with van der Waals surface area (Å²) in [5.41, 5.74) is 0. The Labute approximate surface area is 244 Å². The van der Waals surface area contributed by atoms with Crippen LogP contribution in [-0.2, 0) is 0 Å². The number of rotatable bonds is 26. The van der Waals surface area contributed by atoms with Crippen molar-refractivity contribution in [2.24, 2.45) is 0 Å². The molecule has 5 N–H and O–H groups in total. The largest absolute Gasteiger partial charge is 0.693 e. The van der Waals surface area contributed by atoms with E-state index in [9.17, 15) is 0 Å². The zero-order valence-electron chi connectivity index (χ0n) is 27.4. The summed E-state index contributed by atoms with van der Waals surface area (Å²) in [7, 11) is 17.0. The Hall–Kier alpha value is -0.870. The van der Waals surface area contributed by atoms with E-state index < -0.39 is 0 Å². The predicted octanol–water partition coefficient (Wildman–Crippen LogP) is 2.26. The molecule has 0 atom stereocenters. The van der Waals surface area contributed by atoms with Gasteiger partial charge in [0.2, 0.25) is 0 Å². The molecule has 0 aliphatic carbocycles. The van der Waals surface area contributed by atoms with Crippen LogP contribution in [0.15, 0.2) is 0 Å². The topological polar surface area (TPSA) is 110 Å². The molecule has 10 heteroatoms. The Bertz CT molecular complexity index is 473. The van der Waals surface area contributed by atoms with Gasteiger partial charge in [-0.3, -0.25) is 0 Å². The maximum atomic E-state index is 8.21. The number of nitrogens with zero attached hydrogens (tertiary/aromatic N) is 6. The van der Waals surface area contributed by atoms with E-state index in [2.05, 4.69) is 103 Å². The van der Waals surface area contributed by atoms with E-state index in [0.29, 0.717) is 6.42 Å². The quantitative estimate of drug-likeness (QED) is 0.138. The molecule has 0 rings (SSSR count). The molecule has 0 spiro atoms. The predicted molar refractivity (Wildman–Crippen MR) is 172 cm³/mol. The first-order valence-electron chi connectivity index (χ1n) is 15.0. The Kier molecular flexibility index (Phi) is 36.4. The van der Waals surface area contributed by atoms with Crippen molar-refractivity contribution in [2.75, 3.05) is 141 Å². The van der Waals surface area contributed by atoms with Crippen LogP contribution in [0.1, 0.15) is 44.9 Å². The zero-order valence-corrected chi connectivity index (χ0v) is 27.4. The minimum absolute atomic E-state index is 0. The van der Waals surface area contributed by atoms with Crippen LogP contribution in [0.3, 0.4) is 0 Å². The normalized spacial score (nSPS) is 11.3. The molecule has 0 aromatic heterocycles. The summed E-state index contributed by atoms with van der Waals surface area (Å²) in [6.07, 6.45) is 8.00. The molecule has 0 radical (unpaired) electrons. The van der Waals surface area contributed by atoms with Crippen molar-refractivity contribution < 1.29 is 0 Å². The van der Waals surface area contributed by atoms with Gasteiger partial charge in [-0.2, -0.15) is 5.26 Å². The van der Waals surface area contributed by atoms with Gasteiger partial charge in [-0.1, -0.05) is 0 Å². The lowest BCUT2D eigenvalue weighted by Gasteiger charge is -2.23. The van der Waals surface area contributed by atoms with Crippen LogP contribution >= 0.6 is 0 Å². The lowest BCUT2D eigenvalue weighted by atomic mass is 10.2. The molecule has 0 aliphatic heterocycles. The molecule has 0 bridgehead atoms. The van der Waals surface area contributed by atoms with Crippen LogP contribution < -0.4 is 16.0 Å². The lowest BCUT2D eigenvalue weighted by molar-refractivity contribution is 0.247. The van der Waals surface area contributed by atoms with Gasteiger partial charge in [-0.25, -0.2) is 0 Å². The molecule has 10 nitrogen and oxygen atoms in total. The molecular weight excluding hydrogens is 488 g/mol. The van der Waals surface area contributed by atoms with Gasteiger partial charge in [0, 0.05) is 13.0 Å². The molecule has 236 valence electrons. The van der Waals surface area contributed by atoms with E-state index in [1.54, 1.807) is 0 Å². The molecule has 0 unspecified atom stereocenters. The van der Waals surface area contributed by atoms with Gasteiger partial charge in [0.1, 0.15) is 0 Å². The SMILES string of the molecule is CN(C)CCCNCCC#N.CN(C)CCCNCCCN(CCCNCCCN(C)C)CCCN(C)C.[NH2-]. The minimum atomic E-state index is 0. The van der Waals surface area contributed by atoms with Crippen molar-refractivity contribution in [1.82, 2.24) is 40.4 Å². The van der Waals surface area contributed by atoms with E-state index in [-0.39, 0.29) is 6.15 Å². The Morgan fingerprint density at radius 1 is 0.436 bits per heavy atom. The molecular formula is C29H69N10-. The van der Waals surface area contributed by atoms with E-state index in [0.717, 1.165) is 52.2 Å². The molecule has 39 heavy (non-hydrogen) atoms. The van der Waals surface area contributed by atoms with Crippen molar-refractivity contribution in [3.63, 3.8) is 0 Å². The fraction of sp³-hybridized carbons (Fsp3) is 0.966. The summed E-state index contributed by atoms with van der Waals surface area (Å²) in [4.78, 5) is 11.6. The fourth-order valence-electron chi connectivity index (χ4n) is 3.88. The van der Waals surface area contributed by atoms with E-state index in [1.807, 2.05) is 0 Å². The number of hydrogen-bond donors (Lipinski definition) is 3. The highest BCUT2D eigenvalue weighted by Gasteiger charge is 2.05. The first-order chi connectivity index (χ1) is 18.2. The van der Waals surface area contributed by atoms with Gasteiger partial charge >= 0.3 is 0 Å². The van der Waals surface area contributed by atoms with Gasteiger partial charge in [0.15, 0.2) is 0 Å². The molecule has 0 heterocycles. The summed E-state index contributed by atoms with van der Waals surface area (Å²) in [6.45, 7) is 14.7. The van der Waals surface area contributed by atoms with Crippen LogP contribution in [-0.4, -0.2) is 166 Å². The average Bonchev–Trinajstić information content (AvgIpc) is 2.84. The second-order valence-electron chi connectivity index (χ2n) is 11.3. The van der Waals surface area contributed by atoms with E-state index >= 15 is 0 Å². The fourth-order valence-corrected chi connectivity index (χ4v) is 3.88. The van der Waals surface area contributed by atoms with Crippen LogP contribution in [0.2, 0.25) is 0 Å². The standard InChI is InChI=1S/C21H50N6.C8H17N3.H2N/c1-24(2)16-7-12-22-14-9-19-27(21-11-18-26(5)6)20-10-15-23-13-8-17-25(3)4;1-11(2)8-4-7-10-6-3-5-9;/h22-23H,7-21H2,1-6H3;10H,3-4,6-8H2,1-2H3;1H2/q;;-1. The summed E-state index contributed by atoms with van der Waals surface area (Å²) in [6, 6.07) is 2.09. The maximum Gasteiger partial charge on any atom is 0.0635 e. The van der Waals surface area contributed by atoms with Crippen LogP contribution in [0.5, 0.6) is 0 Å². The van der Waals surface area contributed by atoms with Crippen LogP contribution in [0, 0.1) is 11.3 Å². The van der Waals surface area contributed by atoms with Crippen molar-refractivity contribution >= 4 is 0 Å². The summed E-state index contributed by atoms with van der Waals surface area (Å²) in [5, 5.41) is 18.6. The number of nitriles is 1. The highest BCUT2D eigenvalue weighted by atomic mass is 15.1. The summed E-state index contributed by atoms with van der Waals surface area (Å²) < 4.78 is 0. The first kappa shape index (κ1) is 42.6. The Morgan fingerprint density at radius 3 is 1.05 bits per heavy atom. The van der Waals surface area contributed by atoms with Gasteiger partial charge in [-0.15, -0.1) is 0 Å². The van der Waals surface area contributed by atoms with Crippen LogP contribution in [0.25, 0.3) is 6.15 Å². The summed E-state index contributed by atoms with van der Waals surface area (Å²) in [5.74, 6) is 0. The number of hydrogen-bond acceptors (Lipinski definition) is 9. The van der Waals surface area contributed by atoms with E-state index in [1.165, 1.54) is 71.4 Å². The average molecular weight is 558 g/mol. The molecule has 0 aromatic rings. The van der Waals surface area contributed by atoms with Crippen molar-refractivity contribution in [2.45, 2.75) is 44.9 Å². The molecule has 0 aliphatic rings. The number of nitrogens with two attached hydrogens (primary N) is 1. The van der Waals surface area contributed by atoms with Crippen molar-refractivity contribution in [3.05, 3.63) is 6.15 Å². The van der Waals surface area contributed by atoms with Gasteiger partial charge in [-0.05, 0) is 173 Å². The van der Waals surface area contributed by atoms with E-state index in [4.69, 9.17) is 5.26 Å². The molecule has 0 fully saturated rings. The lowest BCUT2D eigenvalue weighted by Crippen LogP contribution is -2.33. The zero-order chi connectivity index (χ0) is 28.9. The minimum Gasteiger partial charge on any atom is -0.693 e. The third-order valence-corrected chi connectivity index (χ3v) is 6.03. The molecule has 0 saturated heterocycles. The highest BCUT2D eigenvalue weighted by molar-refractivity contribution is 4.70. The molecule has 0 aromatic carbocycles. The van der Waals surface area contributed by atoms with Crippen molar-refractivity contribution in [3.8, 4) is 6.07 Å².